The van der Waals surface area contributed by atoms with E-state index < -0.39 is 0 Å². The summed E-state index contributed by atoms with van der Waals surface area (Å²) in [5.74, 6) is 0. The van der Waals surface area contributed by atoms with E-state index >= 15 is 0 Å². The molecule has 3 heteroatoms. The summed E-state index contributed by atoms with van der Waals surface area (Å²) >= 11 is 0. The van der Waals surface area contributed by atoms with Gasteiger partial charge in [-0.3, -0.25) is 4.57 Å². The van der Waals surface area contributed by atoms with E-state index in [2.05, 4.69) is 4.98 Å². The lowest BCUT2D eigenvalue weighted by Gasteiger charge is -1.98. The predicted molar refractivity (Wildman–Crippen MR) is 64.0 cm³/mol. The Morgan fingerprint density at radius 1 is 1.19 bits per heavy atom. The zero-order valence-corrected chi connectivity index (χ0v) is 8.78. The van der Waals surface area contributed by atoms with Gasteiger partial charge < -0.3 is 0 Å². The predicted octanol–water partition coefficient (Wildman–Crippen LogP) is 1.96. The highest BCUT2D eigenvalue weighted by molar-refractivity contribution is 5.48. The summed E-state index contributed by atoms with van der Waals surface area (Å²) in [6, 6.07) is 11.7. The Balaban J connectivity index is 2.06. The lowest BCUT2D eigenvalue weighted by atomic mass is 10.2. The summed E-state index contributed by atoms with van der Waals surface area (Å²) in [6.07, 6.45) is 7.16. The van der Waals surface area contributed by atoms with Crippen LogP contribution in [-0.2, 0) is 6.54 Å². The normalized spacial score (nSPS) is 10.8. The van der Waals surface area contributed by atoms with Crippen LogP contribution in [0.4, 0.5) is 0 Å². The first kappa shape index (κ1) is 10.4. The highest BCUT2D eigenvalue weighted by Gasteiger charge is 1.90. The Labute approximate surface area is 93.7 Å². The largest absolute Gasteiger partial charge is 0.347 e. The Morgan fingerprint density at radius 2 is 2.00 bits per heavy atom. The summed E-state index contributed by atoms with van der Waals surface area (Å²) in [6.45, 7) is 0.543. The van der Waals surface area contributed by atoms with Gasteiger partial charge in [0.05, 0.1) is 0 Å². The number of hydrogen-bond donors (Lipinski definition) is 0. The second kappa shape index (κ2) is 5.07. The molecule has 2 rings (SSSR count). The number of hydrogen-bond acceptors (Lipinski definition) is 2. The molecule has 0 aliphatic heterocycles. The Hall–Kier alpha value is -2.16. The third-order valence-corrected chi connectivity index (χ3v) is 2.19. The van der Waals surface area contributed by atoms with Crippen molar-refractivity contribution in [3.63, 3.8) is 0 Å². The van der Waals surface area contributed by atoms with Gasteiger partial charge in [-0.2, -0.15) is 0 Å². The number of nitrogens with zero attached hydrogens (tertiary/aromatic N) is 2. The molecule has 2 aromatic rings. The first-order valence-electron chi connectivity index (χ1n) is 5.09. The fourth-order valence-electron chi connectivity index (χ4n) is 1.39. The van der Waals surface area contributed by atoms with E-state index in [0.717, 1.165) is 5.56 Å². The van der Waals surface area contributed by atoms with Crippen LogP contribution in [0.5, 0.6) is 0 Å². The van der Waals surface area contributed by atoms with Crippen molar-refractivity contribution in [3.8, 4) is 0 Å². The van der Waals surface area contributed by atoms with E-state index in [1.54, 1.807) is 16.8 Å². The highest BCUT2D eigenvalue weighted by atomic mass is 16.1. The van der Waals surface area contributed by atoms with Gasteiger partial charge in [0.25, 0.3) is 0 Å². The van der Waals surface area contributed by atoms with Crippen LogP contribution in [0.15, 0.2) is 59.7 Å². The van der Waals surface area contributed by atoms with Crippen LogP contribution < -0.4 is 5.69 Å². The Morgan fingerprint density at radius 3 is 2.75 bits per heavy atom. The molecule has 0 bridgehead atoms. The van der Waals surface area contributed by atoms with Gasteiger partial charge in [0.2, 0.25) is 0 Å². The fraction of sp³-hybridized carbons (Fsp3) is 0.0769. The highest BCUT2D eigenvalue weighted by Crippen LogP contribution is 2.00. The average molecular weight is 212 g/mol. The van der Waals surface area contributed by atoms with Crippen LogP contribution in [-0.4, -0.2) is 9.55 Å². The monoisotopic (exact) mass is 212 g/mol. The zero-order chi connectivity index (χ0) is 11.2. The molecular formula is C13H12N2O. The fourth-order valence-corrected chi connectivity index (χ4v) is 1.39. The molecular weight excluding hydrogens is 200 g/mol. The number of aromatic nitrogens is 2. The van der Waals surface area contributed by atoms with Gasteiger partial charge in [-0.05, 0) is 11.6 Å². The second-order valence-corrected chi connectivity index (χ2v) is 3.37. The minimum Gasteiger partial charge on any atom is -0.295 e. The summed E-state index contributed by atoms with van der Waals surface area (Å²) in [4.78, 5) is 15.0. The molecule has 0 unspecified atom stereocenters. The molecule has 0 spiro atoms. The van der Waals surface area contributed by atoms with Crippen molar-refractivity contribution < 1.29 is 0 Å². The van der Waals surface area contributed by atoms with Crippen molar-refractivity contribution >= 4 is 6.08 Å². The molecule has 16 heavy (non-hydrogen) atoms. The summed E-state index contributed by atoms with van der Waals surface area (Å²) in [5.41, 5.74) is 0.902. The van der Waals surface area contributed by atoms with Gasteiger partial charge in [0, 0.05) is 18.9 Å². The summed E-state index contributed by atoms with van der Waals surface area (Å²) in [7, 11) is 0. The SMILES string of the molecule is O=c1ncccn1C/C=C/c1ccccc1. The second-order valence-electron chi connectivity index (χ2n) is 3.37. The summed E-state index contributed by atoms with van der Waals surface area (Å²) < 4.78 is 1.56. The quantitative estimate of drug-likeness (QED) is 0.779. The smallest absolute Gasteiger partial charge is 0.295 e. The van der Waals surface area contributed by atoms with Crippen molar-refractivity contribution in [2.45, 2.75) is 6.54 Å². The van der Waals surface area contributed by atoms with E-state index in [4.69, 9.17) is 0 Å². The lowest BCUT2D eigenvalue weighted by molar-refractivity contribution is 0.745. The van der Waals surface area contributed by atoms with Crippen LogP contribution in [0.25, 0.3) is 6.08 Å². The molecule has 0 saturated heterocycles. The molecule has 0 amide bonds. The molecule has 80 valence electrons. The standard InChI is InChI=1S/C13H12N2O/c16-13-14-9-5-11-15(13)10-4-8-12-6-2-1-3-7-12/h1-9,11H,10H2/b8-4+. The third kappa shape index (κ3) is 2.67. The van der Waals surface area contributed by atoms with Gasteiger partial charge in [-0.15, -0.1) is 0 Å². The molecule has 1 aromatic heterocycles. The van der Waals surface area contributed by atoms with Gasteiger partial charge in [-0.1, -0.05) is 42.5 Å². The lowest BCUT2D eigenvalue weighted by Crippen LogP contribution is -2.20. The Kier molecular flexibility index (Phi) is 3.28. The molecule has 0 N–H and O–H groups in total. The van der Waals surface area contributed by atoms with E-state index in [1.807, 2.05) is 42.5 Å². The van der Waals surface area contributed by atoms with Crippen LogP contribution in [0.1, 0.15) is 5.56 Å². The minimum atomic E-state index is -0.222. The molecule has 0 saturated carbocycles. The third-order valence-electron chi connectivity index (χ3n) is 2.19. The molecule has 0 fully saturated rings. The van der Waals surface area contributed by atoms with Crippen LogP contribution >= 0.6 is 0 Å². The molecule has 1 aromatic carbocycles. The van der Waals surface area contributed by atoms with Crippen LogP contribution in [0.2, 0.25) is 0 Å². The summed E-state index contributed by atoms with van der Waals surface area (Å²) in [5, 5.41) is 0. The van der Waals surface area contributed by atoms with Crippen LogP contribution in [0.3, 0.4) is 0 Å². The van der Waals surface area contributed by atoms with E-state index in [1.165, 1.54) is 6.20 Å². The van der Waals surface area contributed by atoms with E-state index in [0.29, 0.717) is 6.54 Å². The molecule has 0 aliphatic carbocycles. The first-order valence-corrected chi connectivity index (χ1v) is 5.09. The van der Waals surface area contributed by atoms with Crippen molar-refractivity contribution in [1.29, 1.82) is 0 Å². The van der Waals surface area contributed by atoms with Crippen molar-refractivity contribution in [2.75, 3.05) is 0 Å². The molecule has 0 atom stereocenters. The molecule has 3 nitrogen and oxygen atoms in total. The van der Waals surface area contributed by atoms with Gasteiger partial charge in [0.15, 0.2) is 0 Å². The zero-order valence-electron chi connectivity index (χ0n) is 8.78. The first-order chi connectivity index (χ1) is 7.86. The molecule has 0 aliphatic rings. The number of rotatable bonds is 3. The van der Waals surface area contributed by atoms with Crippen molar-refractivity contribution in [3.05, 3.63) is 70.9 Å². The van der Waals surface area contributed by atoms with Gasteiger partial charge >= 0.3 is 5.69 Å². The van der Waals surface area contributed by atoms with Crippen LogP contribution in [0, 0.1) is 0 Å². The van der Waals surface area contributed by atoms with E-state index in [-0.39, 0.29) is 5.69 Å². The Bertz CT molecular complexity index is 529. The maximum absolute atomic E-state index is 11.3. The van der Waals surface area contributed by atoms with Crippen molar-refractivity contribution in [2.24, 2.45) is 0 Å². The number of allylic oxidation sites excluding steroid dienone is 1. The van der Waals surface area contributed by atoms with E-state index in [9.17, 15) is 4.79 Å². The minimum absolute atomic E-state index is 0.222. The van der Waals surface area contributed by atoms with Gasteiger partial charge in [0.1, 0.15) is 0 Å². The number of benzene rings is 1. The van der Waals surface area contributed by atoms with Crippen molar-refractivity contribution in [1.82, 2.24) is 9.55 Å². The maximum Gasteiger partial charge on any atom is 0.347 e. The molecule has 1 heterocycles. The maximum atomic E-state index is 11.3. The topological polar surface area (TPSA) is 34.9 Å². The molecule has 0 radical (unpaired) electrons. The average Bonchev–Trinajstić information content (AvgIpc) is 2.33. The van der Waals surface area contributed by atoms with Gasteiger partial charge in [-0.25, -0.2) is 9.78 Å².